The summed E-state index contributed by atoms with van der Waals surface area (Å²) < 4.78 is 24.5. The lowest BCUT2D eigenvalue weighted by molar-refractivity contribution is -0.143. The van der Waals surface area contributed by atoms with Gasteiger partial charge in [-0.05, 0) is 44.9 Å². The molecule has 3 rings (SSSR count). The van der Waals surface area contributed by atoms with E-state index in [0.717, 1.165) is 15.4 Å². The lowest BCUT2D eigenvalue weighted by Crippen LogP contribution is -2.60. The summed E-state index contributed by atoms with van der Waals surface area (Å²) in [5.41, 5.74) is 1.81. The first kappa shape index (κ1) is 30.4. The van der Waals surface area contributed by atoms with Gasteiger partial charge in [-0.1, -0.05) is 67.6 Å². The third kappa shape index (κ3) is 7.72. The molecule has 1 unspecified atom stereocenters. The van der Waals surface area contributed by atoms with E-state index in [1.54, 1.807) is 20.9 Å². The molecule has 0 aromatic heterocycles. The Balaban J connectivity index is 1.88. The first-order valence-electron chi connectivity index (χ1n) is 13.2. The monoisotopic (exact) mass is 556 g/mol. The Kier molecular flexibility index (Phi) is 11.2. The highest BCUT2D eigenvalue weighted by atomic mass is 32.2. The van der Waals surface area contributed by atoms with Gasteiger partial charge in [-0.25, -0.2) is 4.31 Å². The van der Waals surface area contributed by atoms with Gasteiger partial charge in [0, 0.05) is 30.4 Å². The van der Waals surface area contributed by atoms with Gasteiger partial charge in [0.05, 0.1) is 12.1 Å². The molecule has 0 bridgehead atoms. The normalized spacial score (nSPS) is 19.5. The van der Waals surface area contributed by atoms with Crippen molar-refractivity contribution in [2.75, 3.05) is 20.1 Å². The molecule has 212 valence electrons. The summed E-state index contributed by atoms with van der Waals surface area (Å²) in [5.74, 6) is -1.24. The zero-order chi connectivity index (χ0) is 28.5. The number of likely N-dealkylation sites (N-methyl/N-ethyl adjacent to an activating group) is 2. The van der Waals surface area contributed by atoms with E-state index >= 15 is 0 Å². The Bertz CT molecular complexity index is 1100. The number of carbonyl (C=O) groups excluding carboxylic acids is 3. The van der Waals surface area contributed by atoms with E-state index < -0.39 is 47.2 Å². The van der Waals surface area contributed by atoms with E-state index in [4.69, 9.17) is 0 Å². The molecule has 0 radical (unpaired) electrons. The SMILES string of the molecule is CCN(C[C@H](NC(=O)[C@H](C)NC)C(=O)N1[C@@H](C)CC[C@H]1C(=O)NC(c1ccccc1)c1ccccc1)S(=O)[O-]. The molecular weight excluding hydrogens is 518 g/mol. The fraction of sp³-hybridized carbons (Fsp3) is 0.464. The average molecular weight is 557 g/mol. The number of nitrogens with one attached hydrogen (secondary N) is 3. The number of amides is 3. The number of benzene rings is 2. The Morgan fingerprint density at radius 3 is 2.08 bits per heavy atom. The third-order valence-corrected chi connectivity index (χ3v) is 8.00. The van der Waals surface area contributed by atoms with Crippen LogP contribution in [0, 0.1) is 0 Å². The summed E-state index contributed by atoms with van der Waals surface area (Å²) in [6.07, 6.45) is 1.05. The van der Waals surface area contributed by atoms with Gasteiger partial charge in [0.25, 0.3) is 0 Å². The highest BCUT2D eigenvalue weighted by molar-refractivity contribution is 7.76. The molecule has 0 spiro atoms. The highest BCUT2D eigenvalue weighted by Gasteiger charge is 2.42. The van der Waals surface area contributed by atoms with Crippen molar-refractivity contribution in [3.63, 3.8) is 0 Å². The number of hydrogen-bond acceptors (Lipinski definition) is 6. The minimum atomic E-state index is -2.58. The van der Waals surface area contributed by atoms with Gasteiger partial charge in [0.2, 0.25) is 17.7 Å². The van der Waals surface area contributed by atoms with Crippen molar-refractivity contribution >= 4 is 29.0 Å². The van der Waals surface area contributed by atoms with Crippen LogP contribution in [-0.4, -0.2) is 80.0 Å². The average Bonchev–Trinajstić information content (AvgIpc) is 3.34. The zero-order valence-electron chi connectivity index (χ0n) is 22.8. The Hall–Kier alpha value is -3.12. The summed E-state index contributed by atoms with van der Waals surface area (Å²) in [6.45, 7) is 5.05. The summed E-state index contributed by atoms with van der Waals surface area (Å²) in [7, 11) is 1.62. The molecule has 0 saturated carbocycles. The Labute approximate surface area is 232 Å². The lowest BCUT2D eigenvalue weighted by Gasteiger charge is -2.35. The predicted octanol–water partition coefficient (Wildman–Crippen LogP) is 1.48. The van der Waals surface area contributed by atoms with Gasteiger partial charge in [-0.2, -0.15) is 0 Å². The topological polar surface area (TPSA) is 134 Å². The quantitative estimate of drug-likeness (QED) is 0.339. The third-order valence-electron chi connectivity index (χ3n) is 7.17. The Morgan fingerprint density at radius 1 is 1.03 bits per heavy atom. The van der Waals surface area contributed by atoms with E-state index in [1.165, 1.54) is 4.90 Å². The molecule has 2 aromatic carbocycles. The molecule has 1 aliphatic rings. The van der Waals surface area contributed by atoms with Crippen molar-refractivity contribution < 1.29 is 23.1 Å². The van der Waals surface area contributed by atoms with Crippen LogP contribution in [0.2, 0.25) is 0 Å². The highest BCUT2D eigenvalue weighted by Crippen LogP contribution is 2.28. The van der Waals surface area contributed by atoms with Crippen LogP contribution in [0.5, 0.6) is 0 Å². The van der Waals surface area contributed by atoms with Crippen LogP contribution in [-0.2, 0) is 25.7 Å². The first-order chi connectivity index (χ1) is 18.7. The summed E-state index contributed by atoms with van der Waals surface area (Å²) in [4.78, 5) is 41.8. The molecule has 0 aliphatic carbocycles. The maximum atomic E-state index is 13.9. The van der Waals surface area contributed by atoms with Crippen molar-refractivity contribution in [1.29, 1.82) is 0 Å². The second-order valence-electron chi connectivity index (χ2n) is 9.72. The first-order valence-corrected chi connectivity index (χ1v) is 14.2. The molecule has 1 heterocycles. The fourth-order valence-electron chi connectivity index (χ4n) is 4.79. The van der Waals surface area contributed by atoms with Crippen molar-refractivity contribution in [3.05, 3.63) is 71.8 Å². The molecule has 11 heteroatoms. The molecular formula is C28H38N5O5S-. The molecule has 2 aromatic rings. The van der Waals surface area contributed by atoms with Crippen LogP contribution in [0.15, 0.2) is 60.7 Å². The van der Waals surface area contributed by atoms with Crippen molar-refractivity contribution in [2.45, 2.75) is 63.8 Å². The van der Waals surface area contributed by atoms with Gasteiger partial charge in [0.1, 0.15) is 12.1 Å². The lowest BCUT2D eigenvalue weighted by atomic mass is 9.98. The van der Waals surface area contributed by atoms with E-state index in [1.807, 2.05) is 67.6 Å². The summed E-state index contributed by atoms with van der Waals surface area (Å²) >= 11 is -2.58. The van der Waals surface area contributed by atoms with Gasteiger partial charge in [-0.3, -0.25) is 18.6 Å². The number of rotatable bonds is 12. The van der Waals surface area contributed by atoms with Crippen LogP contribution < -0.4 is 16.0 Å². The standard InChI is InChI=1S/C28H39N5O5S/c1-5-32(39(37)38)18-23(30-26(34)20(3)29-4)28(36)33-19(2)16-17-24(33)27(35)31-25(21-12-8-6-9-13-21)22-14-10-7-11-15-22/h6-15,19-20,23-25,29H,5,16-18H2,1-4H3,(H,30,34)(H,31,35)(H,37,38)/p-1/t19-,20-,23-,24-/m0/s1. The van der Waals surface area contributed by atoms with Gasteiger partial charge < -0.3 is 25.4 Å². The van der Waals surface area contributed by atoms with Gasteiger partial charge >= 0.3 is 0 Å². The zero-order valence-corrected chi connectivity index (χ0v) is 23.6. The molecule has 1 aliphatic heterocycles. The minimum absolute atomic E-state index is 0.132. The fourth-order valence-corrected chi connectivity index (χ4v) is 5.28. The van der Waals surface area contributed by atoms with E-state index in [0.29, 0.717) is 12.8 Å². The number of carbonyl (C=O) groups is 3. The van der Waals surface area contributed by atoms with Crippen LogP contribution in [0.3, 0.4) is 0 Å². The van der Waals surface area contributed by atoms with Crippen molar-refractivity contribution in [2.24, 2.45) is 0 Å². The second-order valence-corrected chi connectivity index (χ2v) is 10.7. The maximum Gasteiger partial charge on any atom is 0.247 e. The molecule has 3 amide bonds. The van der Waals surface area contributed by atoms with Gasteiger partial charge in [-0.15, -0.1) is 0 Å². The maximum absolute atomic E-state index is 13.9. The van der Waals surface area contributed by atoms with E-state index in [2.05, 4.69) is 16.0 Å². The number of hydrogen-bond donors (Lipinski definition) is 3. The van der Waals surface area contributed by atoms with Crippen LogP contribution in [0.25, 0.3) is 0 Å². The van der Waals surface area contributed by atoms with Crippen LogP contribution in [0.1, 0.15) is 50.8 Å². The Morgan fingerprint density at radius 2 is 1.59 bits per heavy atom. The molecule has 1 saturated heterocycles. The molecule has 39 heavy (non-hydrogen) atoms. The summed E-state index contributed by atoms with van der Waals surface area (Å²) in [5, 5.41) is 8.65. The van der Waals surface area contributed by atoms with E-state index in [-0.39, 0.29) is 25.0 Å². The second kappa shape index (κ2) is 14.3. The molecule has 10 nitrogen and oxygen atoms in total. The van der Waals surface area contributed by atoms with Gasteiger partial charge in [0.15, 0.2) is 0 Å². The number of likely N-dealkylation sites (tertiary alicyclic amines) is 1. The predicted molar refractivity (Wildman–Crippen MR) is 149 cm³/mol. The van der Waals surface area contributed by atoms with Crippen molar-refractivity contribution in [1.82, 2.24) is 25.2 Å². The minimum Gasteiger partial charge on any atom is -0.760 e. The molecule has 1 fully saturated rings. The van der Waals surface area contributed by atoms with Crippen molar-refractivity contribution in [3.8, 4) is 0 Å². The van der Waals surface area contributed by atoms with Crippen LogP contribution >= 0.6 is 0 Å². The summed E-state index contributed by atoms with van der Waals surface area (Å²) in [6, 6.07) is 16.0. The van der Waals surface area contributed by atoms with Crippen LogP contribution in [0.4, 0.5) is 0 Å². The molecule has 3 N–H and O–H groups in total. The molecule has 5 atom stereocenters. The van der Waals surface area contributed by atoms with E-state index in [9.17, 15) is 23.1 Å². The smallest absolute Gasteiger partial charge is 0.247 e. The largest absolute Gasteiger partial charge is 0.760 e. The number of nitrogens with zero attached hydrogens (tertiary/aromatic N) is 2.